The number of halogens is 1. The molecule has 27 heavy (non-hydrogen) atoms. The Morgan fingerprint density at radius 1 is 1.15 bits per heavy atom. The molecule has 1 aromatic carbocycles. The highest BCUT2D eigenvalue weighted by molar-refractivity contribution is 5.84. The van der Waals surface area contributed by atoms with Crippen molar-refractivity contribution in [2.24, 2.45) is 0 Å². The molecule has 0 fully saturated rings. The molecule has 0 unspecified atom stereocenters. The Bertz CT molecular complexity index is 1180. The van der Waals surface area contributed by atoms with Crippen molar-refractivity contribution >= 4 is 16.7 Å². The van der Waals surface area contributed by atoms with Crippen LogP contribution in [-0.4, -0.2) is 38.1 Å². The summed E-state index contributed by atoms with van der Waals surface area (Å²) in [6, 6.07) is 8.00. The maximum Gasteiger partial charge on any atom is 0.280 e. The molecule has 0 saturated heterocycles. The lowest BCUT2D eigenvalue weighted by Crippen LogP contribution is -2.23. The Labute approximate surface area is 154 Å². The Morgan fingerprint density at radius 2 is 1.93 bits per heavy atom. The maximum atomic E-state index is 13.3. The molecule has 0 aliphatic heterocycles. The molecule has 8 heteroatoms. The van der Waals surface area contributed by atoms with Gasteiger partial charge in [-0.05, 0) is 30.2 Å². The fourth-order valence-corrected chi connectivity index (χ4v) is 3.15. The summed E-state index contributed by atoms with van der Waals surface area (Å²) in [5.74, 6) is -0.304. The molecule has 0 bridgehead atoms. The van der Waals surface area contributed by atoms with E-state index in [1.54, 1.807) is 36.0 Å². The van der Waals surface area contributed by atoms with E-state index in [0.717, 1.165) is 16.8 Å². The number of pyridine rings is 1. The van der Waals surface area contributed by atoms with Gasteiger partial charge in [-0.25, -0.2) is 8.91 Å². The summed E-state index contributed by atoms with van der Waals surface area (Å²) in [6.07, 6.45) is 2.37. The van der Waals surface area contributed by atoms with E-state index >= 15 is 0 Å². The second-order valence-corrected chi connectivity index (χ2v) is 6.16. The molecule has 0 aliphatic rings. The van der Waals surface area contributed by atoms with Crippen molar-refractivity contribution in [1.29, 1.82) is 0 Å². The van der Waals surface area contributed by atoms with E-state index in [1.165, 1.54) is 16.7 Å². The standard InChI is InChI=1S/C19H18FN5O2/c1-3-14-16(12-4-6-13(20)7-5-12)18-22-21-17-15(25(18)23-14)8-9-24(19(17)26)10-11-27-2/h4-9H,3,10-11H2,1-2H3. The molecule has 0 atom stereocenters. The van der Waals surface area contributed by atoms with Crippen LogP contribution >= 0.6 is 0 Å². The highest BCUT2D eigenvalue weighted by Crippen LogP contribution is 2.29. The molecule has 0 amide bonds. The summed E-state index contributed by atoms with van der Waals surface area (Å²) in [5.41, 5.74) is 3.56. The number of rotatable bonds is 5. The van der Waals surface area contributed by atoms with Gasteiger partial charge in [0.05, 0.1) is 17.9 Å². The van der Waals surface area contributed by atoms with Crippen molar-refractivity contribution in [2.45, 2.75) is 19.9 Å². The lowest BCUT2D eigenvalue weighted by Gasteiger charge is -2.06. The van der Waals surface area contributed by atoms with Crippen LogP contribution in [0.1, 0.15) is 12.6 Å². The topological polar surface area (TPSA) is 74.3 Å². The van der Waals surface area contributed by atoms with E-state index in [4.69, 9.17) is 4.74 Å². The quantitative estimate of drug-likeness (QED) is 0.542. The van der Waals surface area contributed by atoms with Crippen LogP contribution in [0.25, 0.3) is 27.8 Å². The lowest BCUT2D eigenvalue weighted by molar-refractivity contribution is 0.186. The number of methoxy groups -OCH3 is 1. The molecule has 3 aromatic heterocycles. The van der Waals surface area contributed by atoms with Crippen LogP contribution in [0.2, 0.25) is 0 Å². The number of hydrogen-bond acceptors (Lipinski definition) is 5. The molecule has 0 saturated carbocycles. The first-order valence-corrected chi connectivity index (χ1v) is 8.66. The summed E-state index contributed by atoms with van der Waals surface area (Å²) in [5, 5.41) is 13.1. The first-order chi connectivity index (χ1) is 13.1. The highest BCUT2D eigenvalue weighted by Gasteiger charge is 2.18. The fourth-order valence-electron chi connectivity index (χ4n) is 3.15. The van der Waals surface area contributed by atoms with Crippen LogP contribution in [0, 0.1) is 5.82 Å². The molecule has 0 N–H and O–H groups in total. The second kappa shape index (κ2) is 6.88. The highest BCUT2D eigenvalue weighted by atomic mass is 19.1. The molecule has 0 aliphatic carbocycles. The Balaban J connectivity index is 1.97. The van der Waals surface area contributed by atoms with Crippen LogP contribution in [0.5, 0.6) is 0 Å². The minimum atomic E-state index is -0.304. The van der Waals surface area contributed by atoms with Gasteiger partial charge in [0.2, 0.25) is 0 Å². The predicted molar refractivity (Wildman–Crippen MR) is 99.2 cm³/mol. The first-order valence-electron chi connectivity index (χ1n) is 8.66. The molecule has 7 nitrogen and oxygen atoms in total. The molecular formula is C19H18FN5O2. The molecule has 138 valence electrons. The number of ether oxygens (including phenoxy) is 1. The zero-order valence-electron chi connectivity index (χ0n) is 15.0. The molecule has 0 spiro atoms. The van der Waals surface area contributed by atoms with Crippen LogP contribution < -0.4 is 5.56 Å². The zero-order chi connectivity index (χ0) is 19.0. The third-order valence-corrected chi connectivity index (χ3v) is 4.53. The first kappa shape index (κ1) is 17.3. The molecule has 4 rings (SSSR count). The fraction of sp³-hybridized carbons (Fsp3) is 0.263. The van der Waals surface area contributed by atoms with Crippen molar-refractivity contribution in [1.82, 2.24) is 24.4 Å². The molecule has 3 heterocycles. The number of aryl methyl sites for hydroxylation is 1. The second-order valence-electron chi connectivity index (χ2n) is 6.16. The number of benzene rings is 1. The summed E-state index contributed by atoms with van der Waals surface area (Å²) in [6.45, 7) is 2.85. The van der Waals surface area contributed by atoms with Gasteiger partial charge in [-0.15, -0.1) is 10.2 Å². The summed E-state index contributed by atoms with van der Waals surface area (Å²) in [7, 11) is 1.59. The predicted octanol–water partition coefficient (Wildman–Crippen LogP) is 2.45. The van der Waals surface area contributed by atoms with E-state index in [0.29, 0.717) is 30.7 Å². The van der Waals surface area contributed by atoms with Gasteiger partial charge in [-0.3, -0.25) is 4.79 Å². The summed E-state index contributed by atoms with van der Waals surface area (Å²) >= 11 is 0. The summed E-state index contributed by atoms with van der Waals surface area (Å²) < 4.78 is 21.5. The van der Waals surface area contributed by atoms with Gasteiger partial charge in [0.1, 0.15) is 11.3 Å². The average Bonchev–Trinajstić information content (AvgIpc) is 3.07. The van der Waals surface area contributed by atoms with E-state index in [1.807, 2.05) is 6.92 Å². The van der Waals surface area contributed by atoms with Crippen LogP contribution in [0.3, 0.4) is 0 Å². The minimum Gasteiger partial charge on any atom is -0.383 e. The van der Waals surface area contributed by atoms with Gasteiger partial charge in [0.25, 0.3) is 5.56 Å². The van der Waals surface area contributed by atoms with Crippen molar-refractivity contribution in [3.05, 3.63) is 58.4 Å². The average molecular weight is 367 g/mol. The van der Waals surface area contributed by atoms with Gasteiger partial charge < -0.3 is 9.30 Å². The van der Waals surface area contributed by atoms with Crippen LogP contribution in [0.15, 0.2) is 41.3 Å². The minimum absolute atomic E-state index is 0.240. The molecule has 4 aromatic rings. The Hall–Kier alpha value is -3.13. The number of aromatic nitrogens is 5. The Kier molecular flexibility index (Phi) is 4.41. The largest absolute Gasteiger partial charge is 0.383 e. The number of hydrogen-bond donors (Lipinski definition) is 0. The van der Waals surface area contributed by atoms with Crippen LogP contribution in [0.4, 0.5) is 4.39 Å². The van der Waals surface area contributed by atoms with E-state index in [2.05, 4.69) is 15.3 Å². The third kappa shape index (κ3) is 2.87. The maximum absolute atomic E-state index is 13.3. The van der Waals surface area contributed by atoms with Crippen molar-refractivity contribution in [3.63, 3.8) is 0 Å². The summed E-state index contributed by atoms with van der Waals surface area (Å²) in [4.78, 5) is 12.7. The molecular weight excluding hydrogens is 349 g/mol. The normalized spacial score (nSPS) is 11.5. The van der Waals surface area contributed by atoms with E-state index in [9.17, 15) is 9.18 Å². The monoisotopic (exact) mass is 367 g/mol. The van der Waals surface area contributed by atoms with Crippen molar-refractivity contribution in [2.75, 3.05) is 13.7 Å². The van der Waals surface area contributed by atoms with Gasteiger partial charge in [-0.2, -0.15) is 5.10 Å². The van der Waals surface area contributed by atoms with Crippen molar-refractivity contribution < 1.29 is 9.13 Å². The van der Waals surface area contributed by atoms with E-state index in [-0.39, 0.29) is 16.9 Å². The smallest absolute Gasteiger partial charge is 0.280 e. The van der Waals surface area contributed by atoms with E-state index < -0.39 is 0 Å². The van der Waals surface area contributed by atoms with Gasteiger partial charge >= 0.3 is 0 Å². The number of fused-ring (bicyclic) bond motifs is 3. The van der Waals surface area contributed by atoms with Gasteiger partial charge in [0, 0.05) is 19.9 Å². The SMILES string of the molecule is CCc1nn2c(nnc3c(=O)n(CCOC)ccc32)c1-c1ccc(F)cc1. The Morgan fingerprint density at radius 3 is 2.63 bits per heavy atom. The van der Waals surface area contributed by atoms with Gasteiger partial charge in [-0.1, -0.05) is 19.1 Å². The van der Waals surface area contributed by atoms with Crippen LogP contribution in [-0.2, 0) is 17.7 Å². The van der Waals surface area contributed by atoms with Gasteiger partial charge in [0.15, 0.2) is 11.2 Å². The third-order valence-electron chi connectivity index (χ3n) is 4.53. The lowest BCUT2D eigenvalue weighted by atomic mass is 10.0. The molecule has 0 radical (unpaired) electrons. The number of nitrogens with zero attached hydrogens (tertiary/aromatic N) is 5. The van der Waals surface area contributed by atoms with Crippen molar-refractivity contribution in [3.8, 4) is 11.1 Å². The zero-order valence-corrected chi connectivity index (χ0v) is 15.0.